The van der Waals surface area contributed by atoms with E-state index < -0.39 is 11.4 Å². The van der Waals surface area contributed by atoms with Gasteiger partial charge in [0.1, 0.15) is 5.01 Å². The van der Waals surface area contributed by atoms with Crippen LogP contribution in [-0.2, 0) is 20.8 Å². The van der Waals surface area contributed by atoms with Crippen molar-refractivity contribution in [1.82, 2.24) is 14.2 Å². The van der Waals surface area contributed by atoms with E-state index in [1.165, 1.54) is 17.8 Å². The van der Waals surface area contributed by atoms with E-state index in [0.29, 0.717) is 18.1 Å². The normalized spacial score (nSPS) is 31.4. The first kappa shape index (κ1) is 17.8. The molecule has 1 aliphatic carbocycles. The van der Waals surface area contributed by atoms with E-state index in [0.717, 1.165) is 56.3 Å². The molecular formula is C18H27N3O3S2. The Bertz CT molecular complexity index is 639. The largest absolute Gasteiger partial charge is 0.592 e. The maximum atomic E-state index is 12.9. The van der Waals surface area contributed by atoms with Gasteiger partial charge in [-0.25, -0.2) is 4.98 Å². The summed E-state index contributed by atoms with van der Waals surface area (Å²) < 4.78 is 27.6. The number of hydrogen-bond acceptors (Lipinski definition) is 7. The van der Waals surface area contributed by atoms with Gasteiger partial charge in [0.05, 0.1) is 35.9 Å². The molecule has 0 radical (unpaired) electrons. The number of aromatic nitrogens is 1. The summed E-state index contributed by atoms with van der Waals surface area (Å²) in [5.41, 5.74) is -0.00357. The predicted molar refractivity (Wildman–Crippen MR) is 101 cm³/mol. The van der Waals surface area contributed by atoms with E-state index in [4.69, 9.17) is 9.47 Å². The zero-order chi connectivity index (χ0) is 17.7. The minimum atomic E-state index is -1.06. The van der Waals surface area contributed by atoms with Crippen LogP contribution < -0.4 is 0 Å². The van der Waals surface area contributed by atoms with Crippen molar-refractivity contribution >= 4 is 22.7 Å². The van der Waals surface area contributed by atoms with Crippen molar-refractivity contribution in [3.8, 4) is 0 Å². The van der Waals surface area contributed by atoms with Crippen molar-refractivity contribution in [3.05, 3.63) is 11.2 Å². The summed E-state index contributed by atoms with van der Waals surface area (Å²) in [6, 6.07) is 0.529. The smallest absolute Gasteiger partial charge is 0.247 e. The lowest BCUT2D eigenvalue weighted by Gasteiger charge is -2.42. The minimum Gasteiger partial charge on any atom is -0.592 e. The van der Waals surface area contributed by atoms with Crippen LogP contribution in [0.4, 0.5) is 0 Å². The van der Waals surface area contributed by atoms with Gasteiger partial charge < -0.3 is 14.0 Å². The fourth-order valence-corrected chi connectivity index (χ4v) is 6.97. The Morgan fingerprint density at radius 2 is 2.12 bits per heavy atom. The van der Waals surface area contributed by atoms with Gasteiger partial charge in [-0.05, 0) is 32.1 Å². The molecule has 3 saturated heterocycles. The molecule has 26 heavy (non-hydrogen) atoms. The molecule has 4 heterocycles. The first-order chi connectivity index (χ1) is 12.7. The van der Waals surface area contributed by atoms with Crippen molar-refractivity contribution in [2.24, 2.45) is 0 Å². The number of methoxy groups -OCH3 is 1. The Morgan fingerprint density at radius 1 is 1.35 bits per heavy atom. The van der Waals surface area contributed by atoms with E-state index >= 15 is 0 Å². The van der Waals surface area contributed by atoms with Crippen LogP contribution in [0.25, 0.3) is 0 Å². The molecule has 3 aliphatic heterocycles. The van der Waals surface area contributed by atoms with Crippen molar-refractivity contribution < 1.29 is 14.0 Å². The molecule has 1 saturated carbocycles. The van der Waals surface area contributed by atoms with E-state index in [1.54, 1.807) is 18.4 Å². The molecule has 0 aromatic carbocycles. The number of ether oxygens (including phenoxy) is 2. The van der Waals surface area contributed by atoms with Gasteiger partial charge in [0.25, 0.3) is 0 Å². The Kier molecular flexibility index (Phi) is 4.80. The third-order valence-electron chi connectivity index (χ3n) is 6.38. The van der Waals surface area contributed by atoms with Gasteiger partial charge in [0.15, 0.2) is 0 Å². The Labute approximate surface area is 162 Å². The summed E-state index contributed by atoms with van der Waals surface area (Å²) in [7, 11) is 1.79. The van der Waals surface area contributed by atoms with Crippen molar-refractivity contribution in [2.75, 3.05) is 39.9 Å². The number of thiazole rings is 1. The number of piperidine rings is 1. The molecule has 1 aromatic rings. The summed E-state index contributed by atoms with van der Waals surface area (Å²) in [6.07, 6.45) is 7.78. The highest BCUT2D eigenvalue weighted by molar-refractivity contribution is 7.91. The highest BCUT2D eigenvalue weighted by Gasteiger charge is 2.48. The van der Waals surface area contributed by atoms with Crippen LogP contribution in [0, 0.1) is 0 Å². The van der Waals surface area contributed by atoms with Crippen LogP contribution in [0.2, 0.25) is 0 Å². The fourth-order valence-electron chi connectivity index (χ4n) is 4.38. The third-order valence-corrected chi connectivity index (χ3v) is 9.30. The predicted octanol–water partition coefficient (Wildman–Crippen LogP) is 2.00. The van der Waals surface area contributed by atoms with Gasteiger partial charge in [-0.2, -0.15) is 0 Å². The number of likely N-dealkylation sites (tertiary alicyclic amines) is 1. The van der Waals surface area contributed by atoms with Gasteiger partial charge in [-0.3, -0.25) is 4.90 Å². The summed E-state index contributed by atoms with van der Waals surface area (Å²) in [6.45, 7) is 4.59. The van der Waals surface area contributed by atoms with Crippen LogP contribution in [-0.4, -0.2) is 76.4 Å². The summed E-state index contributed by atoms with van der Waals surface area (Å²) in [4.78, 5) is 6.97. The number of nitrogens with zero attached hydrogens (tertiary/aromatic N) is 3. The average Bonchev–Trinajstić information content (AvgIpc) is 3.22. The molecule has 4 fully saturated rings. The van der Waals surface area contributed by atoms with Crippen LogP contribution in [0.3, 0.4) is 0 Å². The quantitative estimate of drug-likeness (QED) is 0.708. The minimum absolute atomic E-state index is 0.00357. The standard InChI is InChI=1S/C18H27N3O3S2/c1-23-15-10-20(11-15)14-8-18(24-12-14)4-6-21(7-5-18)26(22)16-9-19-17(25-16)13-2-3-13/h9,13-15H,2-8,10-12H2,1H3. The van der Waals surface area contributed by atoms with Gasteiger partial charge in [0.2, 0.25) is 4.21 Å². The summed E-state index contributed by atoms with van der Waals surface area (Å²) >= 11 is 0.582. The van der Waals surface area contributed by atoms with Crippen LogP contribution in [0.1, 0.15) is 43.0 Å². The van der Waals surface area contributed by atoms with Gasteiger partial charge in [-0.1, -0.05) is 11.3 Å². The molecule has 0 N–H and O–H groups in total. The fraction of sp³-hybridized carbons (Fsp3) is 0.833. The maximum Gasteiger partial charge on any atom is 0.247 e. The lowest BCUT2D eigenvalue weighted by Crippen LogP contribution is -2.56. The topological polar surface area (TPSA) is 60.9 Å². The van der Waals surface area contributed by atoms with Crippen LogP contribution in [0.5, 0.6) is 0 Å². The molecule has 0 amide bonds. The summed E-state index contributed by atoms with van der Waals surface area (Å²) in [5, 5.41) is 1.17. The Morgan fingerprint density at radius 3 is 2.81 bits per heavy atom. The van der Waals surface area contributed by atoms with Gasteiger partial charge in [0, 0.05) is 45.2 Å². The zero-order valence-corrected chi connectivity index (χ0v) is 16.9. The zero-order valence-electron chi connectivity index (χ0n) is 15.3. The Balaban J connectivity index is 1.14. The second kappa shape index (κ2) is 6.99. The second-order valence-electron chi connectivity index (χ2n) is 8.13. The molecule has 1 spiro atoms. The average molecular weight is 398 g/mol. The first-order valence-corrected chi connectivity index (χ1v) is 11.6. The monoisotopic (exact) mass is 397 g/mol. The molecule has 0 bridgehead atoms. The van der Waals surface area contributed by atoms with Gasteiger partial charge >= 0.3 is 0 Å². The lowest BCUT2D eigenvalue weighted by molar-refractivity contribution is -0.0536. The maximum absolute atomic E-state index is 12.9. The van der Waals surface area contributed by atoms with Crippen LogP contribution >= 0.6 is 11.3 Å². The highest BCUT2D eigenvalue weighted by atomic mass is 32.2. The molecule has 6 nitrogen and oxygen atoms in total. The Hall–Kier alpha value is -0.220. The lowest BCUT2D eigenvalue weighted by atomic mass is 9.87. The van der Waals surface area contributed by atoms with Crippen molar-refractivity contribution in [1.29, 1.82) is 0 Å². The first-order valence-electron chi connectivity index (χ1n) is 9.69. The third kappa shape index (κ3) is 3.34. The SMILES string of the molecule is COC1CN(C2COC3(CCN([S+]([O-])c4cnc(C5CC5)s4)CC3)C2)C1. The molecule has 144 valence electrons. The van der Waals surface area contributed by atoms with E-state index in [2.05, 4.69) is 14.2 Å². The molecule has 8 heteroatoms. The van der Waals surface area contributed by atoms with E-state index in [1.807, 2.05) is 6.20 Å². The molecule has 2 unspecified atom stereocenters. The molecule has 5 rings (SSSR count). The number of hydrogen-bond donors (Lipinski definition) is 0. The van der Waals surface area contributed by atoms with E-state index in [9.17, 15) is 4.55 Å². The molecule has 4 aliphatic rings. The molecular weight excluding hydrogens is 370 g/mol. The number of rotatable bonds is 5. The molecule has 1 aromatic heterocycles. The van der Waals surface area contributed by atoms with Crippen molar-refractivity contribution in [3.63, 3.8) is 0 Å². The van der Waals surface area contributed by atoms with E-state index in [-0.39, 0.29) is 5.60 Å². The highest BCUT2D eigenvalue weighted by Crippen LogP contribution is 2.44. The second-order valence-corrected chi connectivity index (χ2v) is 10.9. The summed E-state index contributed by atoms with van der Waals surface area (Å²) in [5.74, 6) is 0.637. The molecule has 2 atom stereocenters. The van der Waals surface area contributed by atoms with Crippen LogP contribution in [0.15, 0.2) is 10.4 Å². The van der Waals surface area contributed by atoms with Gasteiger partial charge in [-0.15, -0.1) is 4.31 Å². The van der Waals surface area contributed by atoms with Crippen molar-refractivity contribution in [2.45, 2.75) is 60.0 Å².